The number of halogens is 1. The van der Waals surface area contributed by atoms with Gasteiger partial charge in [0.2, 0.25) is 5.91 Å². The van der Waals surface area contributed by atoms with Crippen molar-refractivity contribution in [3.63, 3.8) is 0 Å². The van der Waals surface area contributed by atoms with Crippen LogP contribution in [-0.4, -0.2) is 34.0 Å². The summed E-state index contributed by atoms with van der Waals surface area (Å²) in [5.74, 6) is 1.35. The number of likely N-dealkylation sites (tertiary alicyclic amines) is 1. The highest BCUT2D eigenvalue weighted by molar-refractivity contribution is 14.1. The van der Waals surface area contributed by atoms with Crippen LogP contribution >= 0.6 is 22.6 Å². The van der Waals surface area contributed by atoms with Crippen molar-refractivity contribution in [1.29, 1.82) is 5.26 Å². The molecule has 3 aromatic rings. The summed E-state index contributed by atoms with van der Waals surface area (Å²) in [4.78, 5) is 19.3. The molecule has 0 saturated carbocycles. The lowest BCUT2D eigenvalue weighted by Gasteiger charge is -2.33. The predicted octanol–water partition coefficient (Wildman–Crippen LogP) is 5.49. The Kier molecular flexibility index (Phi) is 7.03. The Morgan fingerprint density at radius 2 is 2.06 bits per heavy atom. The van der Waals surface area contributed by atoms with Gasteiger partial charge < -0.3 is 14.2 Å². The van der Waals surface area contributed by atoms with E-state index in [2.05, 4.69) is 46.6 Å². The Morgan fingerprint density at radius 1 is 1.21 bits per heavy atom. The zero-order valence-electron chi connectivity index (χ0n) is 18.9. The van der Waals surface area contributed by atoms with E-state index in [1.165, 1.54) is 0 Å². The molecule has 1 fully saturated rings. The lowest BCUT2D eigenvalue weighted by Crippen LogP contribution is -2.43. The Bertz CT molecular complexity index is 1190. The summed E-state index contributed by atoms with van der Waals surface area (Å²) in [6.07, 6.45) is 9.00. The highest BCUT2D eigenvalue weighted by Gasteiger charge is 2.41. The van der Waals surface area contributed by atoms with Crippen molar-refractivity contribution in [1.82, 2.24) is 14.5 Å². The number of aromatic nitrogens is 2. The molecule has 1 amide bonds. The first kappa shape index (κ1) is 23.3. The minimum atomic E-state index is -0.547. The maximum absolute atomic E-state index is 13.4. The predicted molar refractivity (Wildman–Crippen MR) is 135 cm³/mol. The van der Waals surface area contributed by atoms with Crippen LogP contribution in [0.1, 0.15) is 49.3 Å². The van der Waals surface area contributed by atoms with Gasteiger partial charge in [-0.2, -0.15) is 5.26 Å². The molecule has 33 heavy (non-hydrogen) atoms. The smallest absolute Gasteiger partial charge is 0.232 e. The van der Waals surface area contributed by atoms with E-state index in [0.717, 1.165) is 46.9 Å². The Balaban J connectivity index is 1.70. The van der Waals surface area contributed by atoms with Crippen molar-refractivity contribution in [2.24, 2.45) is 0 Å². The average Bonchev–Trinajstić information content (AvgIpc) is 3.28. The fourth-order valence-corrected chi connectivity index (χ4v) is 5.03. The summed E-state index contributed by atoms with van der Waals surface area (Å²) in [5.41, 5.74) is 1.92. The van der Waals surface area contributed by atoms with E-state index in [9.17, 15) is 10.1 Å². The van der Waals surface area contributed by atoms with Gasteiger partial charge in [0.15, 0.2) is 0 Å². The fourth-order valence-electron chi connectivity index (χ4n) is 4.58. The first-order valence-corrected chi connectivity index (χ1v) is 12.3. The van der Waals surface area contributed by atoms with Crippen molar-refractivity contribution in [3.8, 4) is 17.6 Å². The zero-order chi connectivity index (χ0) is 23.4. The molecule has 0 radical (unpaired) electrons. The second-order valence-electron chi connectivity index (χ2n) is 8.54. The number of imidazole rings is 1. The average molecular weight is 554 g/mol. The standard InChI is InChI=1S/C26H27IN4O2/c1-3-26(10-4-5-12-30(2)25(26)32)21-8-9-22(27)24(15-21)33-23-14-19(6-7-20(23)16-28)17-31-13-11-29-18-31/h6-9,11,13-15,18H,3-5,10,12,17H2,1-2H3/t26-/m1/s1. The molecule has 1 aromatic heterocycles. The van der Waals surface area contributed by atoms with Crippen LogP contribution in [0.2, 0.25) is 0 Å². The highest BCUT2D eigenvalue weighted by atomic mass is 127. The summed E-state index contributed by atoms with van der Waals surface area (Å²) in [6, 6.07) is 13.9. The van der Waals surface area contributed by atoms with E-state index in [0.29, 0.717) is 23.6 Å². The number of hydrogen-bond acceptors (Lipinski definition) is 4. The van der Waals surface area contributed by atoms with Crippen LogP contribution < -0.4 is 4.74 Å². The lowest BCUT2D eigenvalue weighted by molar-refractivity contribution is -0.135. The fraction of sp³-hybridized carbons (Fsp3) is 0.346. The van der Waals surface area contributed by atoms with Crippen LogP contribution in [0, 0.1) is 14.9 Å². The van der Waals surface area contributed by atoms with Gasteiger partial charge in [-0.05, 0) is 77.2 Å². The van der Waals surface area contributed by atoms with E-state index in [4.69, 9.17) is 4.74 Å². The minimum Gasteiger partial charge on any atom is -0.455 e. The number of likely N-dealkylation sites (N-methyl/N-ethyl adjacent to an activating group) is 1. The van der Waals surface area contributed by atoms with Gasteiger partial charge in [0, 0.05) is 32.5 Å². The number of carbonyl (C=O) groups is 1. The molecule has 1 aliphatic rings. The van der Waals surface area contributed by atoms with Crippen LogP contribution in [0.3, 0.4) is 0 Å². The SMILES string of the molecule is CC[C@]1(c2ccc(I)c(Oc3cc(Cn4ccnc4)ccc3C#N)c2)CCCCN(C)C1=O. The van der Waals surface area contributed by atoms with Crippen LogP contribution in [0.25, 0.3) is 0 Å². The van der Waals surface area contributed by atoms with Crippen LogP contribution in [0.15, 0.2) is 55.1 Å². The Labute approximate surface area is 208 Å². The van der Waals surface area contributed by atoms with Gasteiger partial charge in [-0.3, -0.25) is 4.79 Å². The molecule has 0 bridgehead atoms. The van der Waals surface area contributed by atoms with E-state index < -0.39 is 5.41 Å². The number of hydrogen-bond donors (Lipinski definition) is 0. The maximum Gasteiger partial charge on any atom is 0.232 e. The van der Waals surface area contributed by atoms with Gasteiger partial charge in [0.05, 0.1) is 20.9 Å². The topological polar surface area (TPSA) is 71.2 Å². The lowest BCUT2D eigenvalue weighted by atomic mass is 9.73. The normalized spacial score (nSPS) is 18.6. The number of benzene rings is 2. The molecule has 4 rings (SSSR count). The molecule has 0 unspecified atom stereocenters. The first-order valence-electron chi connectivity index (χ1n) is 11.2. The third-order valence-corrected chi connectivity index (χ3v) is 7.39. The second kappa shape index (κ2) is 9.96. The monoisotopic (exact) mass is 554 g/mol. The summed E-state index contributed by atoms with van der Waals surface area (Å²) < 4.78 is 9.22. The number of nitrogens with zero attached hydrogens (tertiary/aromatic N) is 4. The van der Waals surface area contributed by atoms with Gasteiger partial charge >= 0.3 is 0 Å². The molecule has 0 N–H and O–H groups in total. The van der Waals surface area contributed by atoms with E-state index >= 15 is 0 Å². The molecular formula is C26H27IN4O2. The summed E-state index contributed by atoms with van der Waals surface area (Å²) in [5, 5.41) is 9.65. The number of nitriles is 1. The van der Waals surface area contributed by atoms with Crippen molar-refractivity contribution in [3.05, 3.63) is 75.4 Å². The Morgan fingerprint density at radius 3 is 2.79 bits per heavy atom. The number of amides is 1. The van der Waals surface area contributed by atoms with Crippen LogP contribution in [0.4, 0.5) is 0 Å². The van der Waals surface area contributed by atoms with Gasteiger partial charge in [0.25, 0.3) is 0 Å². The minimum absolute atomic E-state index is 0.176. The van der Waals surface area contributed by atoms with Crippen LogP contribution in [-0.2, 0) is 16.8 Å². The molecule has 1 aliphatic heterocycles. The van der Waals surface area contributed by atoms with E-state index in [-0.39, 0.29) is 5.91 Å². The molecule has 7 heteroatoms. The van der Waals surface area contributed by atoms with Crippen LogP contribution in [0.5, 0.6) is 11.5 Å². The van der Waals surface area contributed by atoms with E-state index in [1.807, 2.05) is 47.0 Å². The summed E-state index contributed by atoms with van der Waals surface area (Å²) >= 11 is 2.24. The number of rotatable bonds is 6. The third-order valence-electron chi connectivity index (χ3n) is 6.50. The van der Waals surface area contributed by atoms with Gasteiger partial charge in [-0.1, -0.05) is 25.5 Å². The number of carbonyl (C=O) groups excluding carboxylic acids is 1. The van der Waals surface area contributed by atoms with Crippen molar-refractivity contribution < 1.29 is 9.53 Å². The van der Waals surface area contributed by atoms with Gasteiger partial charge in [-0.15, -0.1) is 0 Å². The zero-order valence-corrected chi connectivity index (χ0v) is 21.1. The Hall–Kier alpha value is -2.86. The molecule has 2 heterocycles. The highest BCUT2D eigenvalue weighted by Crippen LogP contribution is 2.40. The second-order valence-corrected chi connectivity index (χ2v) is 9.71. The molecule has 2 aromatic carbocycles. The summed E-state index contributed by atoms with van der Waals surface area (Å²) in [6.45, 7) is 3.52. The maximum atomic E-state index is 13.4. The third kappa shape index (κ3) is 4.76. The van der Waals surface area contributed by atoms with Crippen molar-refractivity contribution in [2.45, 2.75) is 44.6 Å². The molecule has 1 atom stereocenters. The molecule has 0 spiro atoms. The quantitative estimate of drug-likeness (QED) is 0.378. The summed E-state index contributed by atoms with van der Waals surface area (Å²) in [7, 11) is 1.90. The molecule has 1 saturated heterocycles. The van der Waals surface area contributed by atoms with Crippen molar-refractivity contribution >= 4 is 28.5 Å². The molecule has 170 valence electrons. The molecular weight excluding hydrogens is 527 g/mol. The van der Waals surface area contributed by atoms with E-state index in [1.54, 1.807) is 18.6 Å². The van der Waals surface area contributed by atoms with Gasteiger partial charge in [-0.25, -0.2) is 4.98 Å². The van der Waals surface area contributed by atoms with Gasteiger partial charge in [0.1, 0.15) is 17.6 Å². The first-order chi connectivity index (χ1) is 16.0. The largest absolute Gasteiger partial charge is 0.455 e. The van der Waals surface area contributed by atoms with Crippen molar-refractivity contribution in [2.75, 3.05) is 13.6 Å². The molecule has 0 aliphatic carbocycles. The molecule has 6 nitrogen and oxygen atoms in total. The number of ether oxygens (including phenoxy) is 1.